The number of hydrogen-bond acceptors (Lipinski definition) is 7. The molecule has 3 rings (SSSR count). The number of thioether (sulfide) groups is 1. The standard InChI is InChI=1S/C16H17N3O2S3/c1-10-11(2)23-15-13(10)14(17)18-16(19-15)22-8-9-24(20,21)12-6-4-3-5-7-12/h3-7H,8-9H2,1-2H3,(H2,17,18,19). The van der Waals surface area contributed by atoms with E-state index in [0.29, 0.717) is 21.6 Å². The van der Waals surface area contributed by atoms with Crippen LogP contribution in [0.1, 0.15) is 10.4 Å². The van der Waals surface area contributed by atoms with Crippen molar-refractivity contribution in [1.29, 1.82) is 0 Å². The lowest BCUT2D eigenvalue weighted by Gasteiger charge is -2.05. The molecule has 0 spiro atoms. The molecule has 0 fully saturated rings. The van der Waals surface area contributed by atoms with E-state index in [2.05, 4.69) is 9.97 Å². The van der Waals surface area contributed by atoms with Gasteiger partial charge in [0.2, 0.25) is 0 Å². The lowest BCUT2D eigenvalue weighted by atomic mass is 10.2. The van der Waals surface area contributed by atoms with Crippen LogP contribution in [0.5, 0.6) is 0 Å². The summed E-state index contributed by atoms with van der Waals surface area (Å²) in [5.74, 6) is 0.868. The van der Waals surface area contributed by atoms with Gasteiger partial charge in [0.1, 0.15) is 10.6 Å². The lowest BCUT2D eigenvalue weighted by molar-refractivity contribution is 0.597. The maximum atomic E-state index is 12.3. The fourth-order valence-electron chi connectivity index (χ4n) is 2.31. The van der Waals surface area contributed by atoms with Gasteiger partial charge >= 0.3 is 0 Å². The van der Waals surface area contributed by atoms with Crippen molar-refractivity contribution in [1.82, 2.24) is 9.97 Å². The van der Waals surface area contributed by atoms with Crippen LogP contribution in [-0.2, 0) is 9.84 Å². The van der Waals surface area contributed by atoms with Crippen molar-refractivity contribution in [3.8, 4) is 0 Å². The van der Waals surface area contributed by atoms with Crippen LogP contribution in [0, 0.1) is 13.8 Å². The number of aryl methyl sites for hydroxylation is 2. The molecular weight excluding hydrogens is 362 g/mol. The first-order valence-corrected chi connectivity index (χ1v) is 10.8. The van der Waals surface area contributed by atoms with Crippen molar-refractivity contribution >= 4 is 49.0 Å². The van der Waals surface area contributed by atoms with Gasteiger partial charge in [0, 0.05) is 10.6 Å². The molecule has 5 nitrogen and oxygen atoms in total. The minimum atomic E-state index is -3.29. The fraction of sp³-hybridized carbons (Fsp3) is 0.250. The van der Waals surface area contributed by atoms with Crippen LogP contribution >= 0.6 is 23.1 Å². The Morgan fingerprint density at radius 2 is 1.88 bits per heavy atom. The molecule has 2 aromatic heterocycles. The highest BCUT2D eigenvalue weighted by Crippen LogP contribution is 2.33. The zero-order valence-electron chi connectivity index (χ0n) is 13.3. The molecule has 8 heteroatoms. The molecule has 0 aliphatic heterocycles. The largest absolute Gasteiger partial charge is 0.383 e. The molecule has 0 amide bonds. The Hall–Kier alpha value is -1.64. The summed E-state index contributed by atoms with van der Waals surface area (Å²) in [6.45, 7) is 4.04. The summed E-state index contributed by atoms with van der Waals surface area (Å²) in [5.41, 5.74) is 7.15. The number of anilines is 1. The molecule has 2 heterocycles. The van der Waals surface area contributed by atoms with Crippen LogP contribution in [0.25, 0.3) is 10.2 Å². The first kappa shape index (κ1) is 17.2. The Morgan fingerprint density at radius 1 is 1.17 bits per heavy atom. The van der Waals surface area contributed by atoms with Crippen molar-refractivity contribution < 1.29 is 8.42 Å². The predicted molar refractivity (Wildman–Crippen MR) is 101 cm³/mol. The Morgan fingerprint density at radius 3 is 2.58 bits per heavy atom. The Labute approximate surface area is 149 Å². The van der Waals surface area contributed by atoms with Gasteiger partial charge in [0.25, 0.3) is 0 Å². The SMILES string of the molecule is Cc1sc2nc(SCCS(=O)(=O)c3ccccc3)nc(N)c2c1C. The molecule has 24 heavy (non-hydrogen) atoms. The monoisotopic (exact) mass is 379 g/mol. The van der Waals surface area contributed by atoms with Gasteiger partial charge in [-0.15, -0.1) is 11.3 Å². The van der Waals surface area contributed by atoms with E-state index in [1.807, 2.05) is 13.8 Å². The number of nitrogens with zero attached hydrogens (tertiary/aromatic N) is 2. The van der Waals surface area contributed by atoms with E-state index in [1.165, 1.54) is 16.6 Å². The average Bonchev–Trinajstić information content (AvgIpc) is 2.83. The van der Waals surface area contributed by atoms with Crippen LogP contribution in [-0.4, -0.2) is 29.9 Å². The zero-order valence-corrected chi connectivity index (χ0v) is 15.8. The van der Waals surface area contributed by atoms with Crippen LogP contribution in [0.2, 0.25) is 0 Å². The van der Waals surface area contributed by atoms with Gasteiger partial charge < -0.3 is 5.73 Å². The minimum Gasteiger partial charge on any atom is -0.383 e. The number of nitrogens with two attached hydrogens (primary N) is 1. The highest BCUT2D eigenvalue weighted by Gasteiger charge is 2.16. The second-order valence-electron chi connectivity index (χ2n) is 5.34. The summed E-state index contributed by atoms with van der Waals surface area (Å²) in [6.07, 6.45) is 0. The van der Waals surface area contributed by atoms with Gasteiger partial charge in [0.05, 0.1) is 16.0 Å². The maximum absolute atomic E-state index is 12.3. The quantitative estimate of drug-likeness (QED) is 0.540. The second kappa shape index (κ2) is 6.70. The highest BCUT2D eigenvalue weighted by molar-refractivity contribution is 8.00. The third-order valence-corrected chi connectivity index (χ3v) is 7.66. The first-order valence-electron chi connectivity index (χ1n) is 7.32. The van der Waals surface area contributed by atoms with E-state index >= 15 is 0 Å². The van der Waals surface area contributed by atoms with Gasteiger partial charge in [-0.1, -0.05) is 30.0 Å². The Kier molecular flexibility index (Phi) is 4.80. The van der Waals surface area contributed by atoms with Crippen LogP contribution in [0.3, 0.4) is 0 Å². The van der Waals surface area contributed by atoms with Crippen LogP contribution in [0.4, 0.5) is 5.82 Å². The van der Waals surface area contributed by atoms with Crippen molar-refractivity contribution in [3.63, 3.8) is 0 Å². The normalized spacial score (nSPS) is 11.9. The van der Waals surface area contributed by atoms with Crippen molar-refractivity contribution in [3.05, 3.63) is 40.8 Å². The number of aromatic nitrogens is 2. The summed E-state index contributed by atoms with van der Waals surface area (Å²) in [7, 11) is -3.29. The number of thiophene rings is 1. The second-order valence-corrected chi connectivity index (χ2v) is 9.71. The molecule has 0 saturated carbocycles. The summed E-state index contributed by atoms with van der Waals surface area (Å²) in [4.78, 5) is 11.2. The topological polar surface area (TPSA) is 85.9 Å². The molecule has 0 aliphatic carbocycles. The molecule has 0 radical (unpaired) electrons. The van der Waals surface area contributed by atoms with Gasteiger partial charge in [-0.2, -0.15) is 0 Å². The number of rotatable bonds is 5. The fourth-order valence-corrected chi connectivity index (χ4v) is 5.93. The number of benzene rings is 1. The smallest absolute Gasteiger partial charge is 0.190 e. The Bertz CT molecular complexity index is 983. The van der Waals surface area contributed by atoms with Crippen LogP contribution < -0.4 is 5.73 Å². The molecule has 3 aromatic rings. The Balaban J connectivity index is 1.75. The first-order chi connectivity index (χ1) is 11.4. The minimum absolute atomic E-state index is 0.0332. The zero-order chi connectivity index (χ0) is 17.3. The average molecular weight is 380 g/mol. The molecule has 0 aliphatic rings. The van der Waals surface area contributed by atoms with Gasteiger partial charge in [-0.25, -0.2) is 18.4 Å². The number of fused-ring (bicyclic) bond motifs is 1. The molecular formula is C16H17N3O2S3. The number of sulfone groups is 1. The molecule has 126 valence electrons. The summed E-state index contributed by atoms with van der Waals surface area (Å²) in [5, 5.41) is 1.42. The van der Waals surface area contributed by atoms with E-state index in [9.17, 15) is 8.42 Å². The van der Waals surface area contributed by atoms with E-state index in [4.69, 9.17) is 5.73 Å². The van der Waals surface area contributed by atoms with E-state index < -0.39 is 9.84 Å². The summed E-state index contributed by atoms with van der Waals surface area (Å²) < 4.78 is 24.5. The lowest BCUT2D eigenvalue weighted by Crippen LogP contribution is -2.09. The van der Waals surface area contributed by atoms with Crippen LogP contribution in [0.15, 0.2) is 40.4 Å². The summed E-state index contributed by atoms with van der Waals surface area (Å²) in [6, 6.07) is 8.46. The molecule has 0 saturated heterocycles. The van der Waals surface area contributed by atoms with Crippen molar-refractivity contribution in [2.24, 2.45) is 0 Å². The van der Waals surface area contributed by atoms with Crippen molar-refractivity contribution in [2.75, 3.05) is 17.2 Å². The molecule has 1 aromatic carbocycles. The third-order valence-electron chi connectivity index (χ3n) is 3.72. The van der Waals surface area contributed by atoms with Gasteiger partial charge in [0.15, 0.2) is 15.0 Å². The molecule has 2 N–H and O–H groups in total. The number of nitrogen functional groups attached to an aromatic ring is 1. The van der Waals surface area contributed by atoms with E-state index in [0.717, 1.165) is 15.8 Å². The maximum Gasteiger partial charge on any atom is 0.190 e. The summed E-state index contributed by atoms with van der Waals surface area (Å²) >= 11 is 2.89. The van der Waals surface area contributed by atoms with Crippen molar-refractivity contribution in [2.45, 2.75) is 23.9 Å². The highest BCUT2D eigenvalue weighted by atomic mass is 32.2. The van der Waals surface area contributed by atoms with E-state index in [1.54, 1.807) is 41.7 Å². The third kappa shape index (κ3) is 3.40. The molecule has 0 unspecified atom stereocenters. The van der Waals surface area contributed by atoms with E-state index in [-0.39, 0.29) is 5.75 Å². The number of hydrogen-bond donors (Lipinski definition) is 1. The van der Waals surface area contributed by atoms with Gasteiger partial charge in [-0.05, 0) is 31.5 Å². The predicted octanol–water partition coefficient (Wildman–Crippen LogP) is 3.46. The van der Waals surface area contributed by atoms with Gasteiger partial charge in [-0.3, -0.25) is 0 Å². The molecule has 0 atom stereocenters. The molecule has 0 bridgehead atoms.